The van der Waals surface area contributed by atoms with Gasteiger partial charge in [0.2, 0.25) is 0 Å². The predicted octanol–water partition coefficient (Wildman–Crippen LogP) is 8.28. The molecule has 6 rings (SSSR count). The Morgan fingerprint density at radius 3 is 1.66 bits per heavy atom. The maximum Gasteiger partial charge on any atom is 0.168 e. The minimum atomic E-state index is 0.811. The smallest absolute Gasteiger partial charge is 0.168 e. The van der Waals surface area contributed by atoms with Gasteiger partial charge < -0.3 is 0 Å². The molecular formula is C34H28N4. The highest BCUT2D eigenvalue weighted by molar-refractivity contribution is 5.72. The summed E-state index contributed by atoms with van der Waals surface area (Å²) in [6.07, 6.45) is 5.88. The molecule has 4 nitrogen and oxygen atoms in total. The van der Waals surface area contributed by atoms with Gasteiger partial charge in [0.25, 0.3) is 0 Å². The van der Waals surface area contributed by atoms with Crippen molar-refractivity contribution in [1.29, 1.82) is 0 Å². The van der Waals surface area contributed by atoms with Gasteiger partial charge >= 0.3 is 0 Å². The highest BCUT2D eigenvalue weighted by Gasteiger charge is 2.17. The Morgan fingerprint density at radius 1 is 0.526 bits per heavy atom. The van der Waals surface area contributed by atoms with E-state index >= 15 is 0 Å². The fraction of sp³-hybridized carbons (Fsp3) is 0.0882. The SMILES string of the molecule is CCCc1ccc(-c2nnc(-c3ccc(-c4ccccc4)cc3)n2-c2ccc(-c3cccnc3)cc2)cc1. The van der Waals surface area contributed by atoms with Gasteiger partial charge in [0.15, 0.2) is 11.6 Å². The fourth-order valence-corrected chi connectivity index (χ4v) is 4.79. The van der Waals surface area contributed by atoms with Crippen LogP contribution >= 0.6 is 0 Å². The van der Waals surface area contributed by atoms with Crippen molar-refractivity contribution in [1.82, 2.24) is 19.7 Å². The Hall–Kier alpha value is -4.83. The van der Waals surface area contributed by atoms with Gasteiger partial charge in [-0.05, 0) is 52.4 Å². The van der Waals surface area contributed by atoms with E-state index in [1.54, 1.807) is 6.20 Å². The van der Waals surface area contributed by atoms with Crippen molar-refractivity contribution < 1.29 is 0 Å². The topological polar surface area (TPSA) is 43.6 Å². The first kappa shape index (κ1) is 23.6. The van der Waals surface area contributed by atoms with Gasteiger partial charge in [-0.15, -0.1) is 10.2 Å². The summed E-state index contributed by atoms with van der Waals surface area (Å²) < 4.78 is 2.15. The van der Waals surface area contributed by atoms with E-state index in [1.807, 2.05) is 18.3 Å². The molecule has 0 N–H and O–H groups in total. The lowest BCUT2D eigenvalue weighted by atomic mass is 10.0. The molecule has 0 aliphatic carbocycles. The predicted molar refractivity (Wildman–Crippen MR) is 155 cm³/mol. The van der Waals surface area contributed by atoms with Crippen molar-refractivity contribution in [2.45, 2.75) is 19.8 Å². The third kappa shape index (κ3) is 4.76. The number of rotatable bonds is 7. The average Bonchev–Trinajstić information content (AvgIpc) is 3.44. The summed E-state index contributed by atoms with van der Waals surface area (Å²) in [5, 5.41) is 9.36. The molecule has 184 valence electrons. The second-order valence-electron chi connectivity index (χ2n) is 9.36. The zero-order valence-electron chi connectivity index (χ0n) is 21.3. The second kappa shape index (κ2) is 10.7. The molecule has 0 amide bonds. The summed E-state index contributed by atoms with van der Waals surface area (Å²) in [6.45, 7) is 2.20. The summed E-state index contributed by atoms with van der Waals surface area (Å²) in [6, 6.07) is 40.2. The number of nitrogens with zero attached hydrogens (tertiary/aromatic N) is 4. The van der Waals surface area contributed by atoms with Crippen LogP contribution in [0.5, 0.6) is 0 Å². The summed E-state index contributed by atoms with van der Waals surface area (Å²) in [7, 11) is 0. The molecular weight excluding hydrogens is 464 g/mol. The molecule has 0 spiro atoms. The molecule has 0 saturated heterocycles. The van der Waals surface area contributed by atoms with Crippen molar-refractivity contribution in [2.75, 3.05) is 0 Å². The number of aromatic nitrogens is 4. The lowest BCUT2D eigenvalue weighted by Crippen LogP contribution is -2.00. The standard InChI is InChI=1S/C34H28N4/c1-2-7-25-11-13-29(14-12-25)33-36-37-34(30-17-15-27(16-18-30)26-8-4-3-5-9-26)38(33)32-21-19-28(20-22-32)31-10-6-23-35-24-31/h3-6,8-24H,2,7H2,1H3. The molecule has 38 heavy (non-hydrogen) atoms. The largest absolute Gasteiger partial charge is 0.275 e. The van der Waals surface area contributed by atoms with Gasteiger partial charge in [0.1, 0.15) is 0 Å². The molecule has 0 atom stereocenters. The molecule has 0 unspecified atom stereocenters. The molecule has 2 aromatic heterocycles. The zero-order chi connectivity index (χ0) is 25.7. The lowest BCUT2D eigenvalue weighted by molar-refractivity contribution is 0.922. The van der Waals surface area contributed by atoms with Crippen molar-refractivity contribution in [3.05, 3.63) is 133 Å². The van der Waals surface area contributed by atoms with E-state index in [0.29, 0.717) is 0 Å². The maximum atomic E-state index is 4.68. The molecule has 0 fully saturated rings. The molecule has 2 heterocycles. The number of hydrogen-bond acceptors (Lipinski definition) is 3. The first-order chi connectivity index (χ1) is 18.8. The summed E-state index contributed by atoms with van der Waals surface area (Å²) >= 11 is 0. The summed E-state index contributed by atoms with van der Waals surface area (Å²) in [4.78, 5) is 4.26. The van der Waals surface area contributed by atoms with Crippen LogP contribution in [0, 0.1) is 0 Å². The van der Waals surface area contributed by atoms with Gasteiger partial charge in [0, 0.05) is 29.2 Å². The Balaban J connectivity index is 1.43. The third-order valence-corrected chi connectivity index (χ3v) is 6.78. The van der Waals surface area contributed by atoms with E-state index in [2.05, 4.69) is 130 Å². The summed E-state index contributed by atoms with van der Waals surface area (Å²) in [5.41, 5.74) is 8.98. The molecule has 0 bridgehead atoms. The van der Waals surface area contributed by atoms with Crippen LogP contribution in [0.2, 0.25) is 0 Å². The van der Waals surface area contributed by atoms with Gasteiger partial charge in [-0.25, -0.2) is 0 Å². The average molecular weight is 493 g/mol. The van der Waals surface area contributed by atoms with E-state index in [9.17, 15) is 0 Å². The van der Waals surface area contributed by atoms with Crippen LogP contribution < -0.4 is 0 Å². The van der Waals surface area contributed by atoms with Crippen molar-refractivity contribution in [3.63, 3.8) is 0 Å². The molecule has 0 aliphatic rings. The van der Waals surface area contributed by atoms with Crippen LogP contribution in [0.25, 0.3) is 50.7 Å². The van der Waals surface area contributed by atoms with Crippen molar-refractivity contribution in [2.24, 2.45) is 0 Å². The van der Waals surface area contributed by atoms with Crippen LogP contribution in [0.15, 0.2) is 128 Å². The van der Waals surface area contributed by atoms with Gasteiger partial charge in [-0.2, -0.15) is 0 Å². The maximum absolute atomic E-state index is 4.68. The number of aryl methyl sites for hydroxylation is 1. The zero-order valence-corrected chi connectivity index (χ0v) is 21.3. The second-order valence-corrected chi connectivity index (χ2v) is 9.36. The molecule has 0 saturated carbocycles. The Labute approximate surface area is 223 Å². The van der Waals surface area contributed by atoms with Gasteiger partial charge in [-0.1, -0.05) is 110 Å². The Kier molecular flexibility index (Phi) is 6.60. The van der Waals surface area contributed by atoms with E-state index in [-0.39, 0.29) is 0 Å². The van der Waals surface area contributed by atoms with E-state index in [1.165, 1.54) is 16.7 Å². The summed E-state index contributed by atoms with van der Waals surface area (Å²) in [5.74, 6) is 1.63. The molecule has 6 aromatic rings. The van der Waals surface area contributed by atoms with Gasteiger partial charge in [-0.3, -0.25) is 9.55 Å². The molecule has 4 aromatic carbocycles. The van der Waals surface area contributed by atoms with Crippen LogP contribution in [-0.4, -0.2) is 19.7 Å². The molecule has 0 aliphatic heterocycles. The number of pyridine rings is 1. The molecule has 0 radical (unpaired) electrons. The van der Waals surface area contributed by atoms with Crippen molar-refractivity contribution in [3.8, 4) is 50.7 Å². The van der Waals surface area contributed by atoms with Crippen molar-refractivity contribution >= 4 is 0 Å². The first-order valence-corrected chi connectivity index (χ1v) is 13.0. The number of benzene rings is 4. The first-order valence-electron chi connectivity index (χ1n) is 13.0. The number of hydrogen-bond donors (Lipinski definition) is 0. The third-order valence-electron chi connectivity index (χ3n) is 6.78. The van der Waals surface area contributed by atoms with E-state index < -0.39 is 0 Å². The van der Waals surface area contributed by atoms with Gasteiger partial charge in [0.05, 0.1) is 0 Å². The monoisotopic (exact) mass is 492 g/mol. The minimum Gasteiger partial charge on any atom is -0.275 e. The highest BCUT2D eigenvalue weighted by Crippen LogP contribution is 2.31. The van der Waals surface area contributed by atoms with Crippen LogP contribution in [-0.2, 0) is 6.42 Å². The normalized spacial score (nSPS) is 11.0. The molecule has 4 heteroatoms. The fourth-order valence-electron chi connectivity index (χ4n) is 4.79. The van der Waals surface area contributed by atoms with E-state index in [4.69, 9.17) is 0 Å². The van der Waals surface area contributed by atoms with Crippen LogP contribution in [0.4, 0.5) is 0 Å². The Morgan fingerprint density at radius 2 is 1.05 bits per heavy atom. The Bertz CT molecular complexity index is 1620. The highest BCUT2D eigenvalue weighted by atomic mass is 15.3. The van der Waals surface area contributed by atoms with Crippen LogP contribution in [0.1, 0.15) is 18.9 Å². The van der Waals surface area contributed by atoms with E-state index in [0.717, 1.165) is 52.4 Å². The quantitative estimate of drug-likeness (QED) is 0.225. The van der Waals surface area contributed by atoms with Crippen LogP contribution in [0.3, 0.4) is 0 Å². The lowest BCUT2D eigenvalue weighted by Gasteiger charge is -2.13. The minimum absolute atomic E-state index is 0.811.